The van der Waals surface area contributed by atoms with E-state index in [1.807, 2.05) is 17.0 Å². The minimum Gasteiger partial charge on any atom is -0.480 e. The summed E-state index contributed by atoms with van der Waals surface area (Å²) in [7, 11) is 0. The first kappa shape index (κ1) is 24.9. The Morgan fingerprint density at radius 3 is 2.18 bits per heavy atom. The Morgan fingerprint density at radius 1 is 1.00 bits per heavy atom. The van der Waals surface area contributed by atoms with Crippen LogP contribution in [0.3, 0.4) is 0 Å². The number of piperazine rings is 1. The van der Waals surface area contributed by atoms with Gasteiger partial charge in [-0.3, -0.25) is 19.4 Å². The third kappa shape index (κ3) is 5.71. The standard InChI is InChI=1S/C26H41N5O3/c1-25(2)18-26(3,4)24(25)28-23(34)20-5-6-21(27-15-20)31-13-11-30(12-14-31)16-19-7-9-29(10-8-19)17-22(32)33/h5-6,15,19,24H,7-14,16-18H2,1-4H3,(H,28,34)(H,32,33). The van der Waals surface area contributed by atoms with Crippen molar-refractivity contribution in [1.29, 1.82) is 0 Å². The van der Waals surface area contributed by atoms with Crippen LogP contribution >= 0.6 is 0 Å². The molecule has 2 aliphatic heterocycles. The van der Waals surface area contributed by atoms with Gasteiger partial charge in [-0.1, -0.05) is 27.7 Å². The summed E-state index contributed by atoms with van der Waals surface area (Å²) in [6.45, 7) is 15.8. The number of piperidine rings is 1. The highest BCUT2D eigenvalue weighted by Crippen LogP contribution is 2.53. The monoisotopic (exact) mass is 471 g/mol. The molecular formula is C26H41N5O3. The largest absolute Gasteiger partial charge is 0.480 e. The van der Waals surface area contributed by atoms with E-state index in [4.69, 9.17) is 5.11 Å². The molecule has 0 atom stereocenters. The highest BCUT2D eigenvalue weighted by molar-refractivity contribution is 5.94. The van der Waals surface area contributed by atoms with Gasteiger partial charge in [-0.25, -0.2) is 4.98 Å². The first-order valence-electron chi connectivity index (χ1n) is 12.7. The number of rotatable bonds is 7. The van der Waals surface area contributed by atoms with Gasteiger partial charge < -0.3 is 15.3 Å². The number of hydrogen-bond acceptors (Lipinski definition) is 6. The van der Waals surface area contributed by atoms with Gasteiger partial charge in [0.1, 0.15) is 5.82 Å². The van der Waals surface area contributed by atoms with E-state index in [0.717, 1.165) is 70.9 Å². The topological polar surface area (TPSA) is 89.0 Å². The second-order valence-electron chi connectivity index (χ2n) is 11.9. The number of aliphatic carboxylic acids is 1. The number of carbonyl (C=O) groups excluding carboxylic acids is 1. The summed E-state index contributed by atoms with van der Waals surface area (Å²) in [5.41, 5.74) is 0.874. The van der Waals surface area contributed by atoms with E-state index < -0.39 is 5.97 Å². The van der Waals surface area contributed by atoms with Gasteiger partial charge in [-0.05, 0) is 61.2 Å². The van der Waals surface area contributed by atoms with Crippen LogP contribution in [-0.4, -0.2) is 90.2 Å². The summed E-state index contributed by atoms with van der Waals surface area (Å²) >= 11 is 0. The van der Waals surface area contributed by atoms with E-state index >= 15 is 0 Å². The number of carbonyl (C=O) groups is 2. The number of nitrogens with one attached hydrogen (secondary N) is 1. The molecule has 0 bridgehead atoms. The number of aromatic nitrogens is 1. The first-order chi connectivity index (χ1) is 16.0. The highest BCUT2D eigenvalue weighted by Gasteiger charge is 2.53. The quantitative estimate of drug-likeness (QED) is 0.632. The van der Waals surface area contributed by atoms with Crippen LogP contribution in [0, 0.1) is 16.7 Å². The predicted octanol–water partition coefficient (Wildman–Crippen LogP) is 2.55. The van der Waals surface area contributed by atoms with Crippen LogP contribution in [0.2, 0.25) is 0 Å². The average Bonchev–Trinajstić information content (AvgIpc) is 2.78. The molecule has 1 saturated carbocycles. The zero-order valence-electron chi connectivity index (χ0n) is 21.2. The minimum absolute atomic E-state index is 0.0379. The van der Waals surface area contributed by atoms with E-state index in [1.54, 1.807) is 6.20 Å². The average molecular weight is 472 g/mol. The van der Waals surface area contributed by atoms with Gasteiger partial charge in [-0.2, -0.15) is 0 Å². The van der Waals surface area contributed by atoms with Gasteiger partial charge >= 0.3 is 5.97 Å². The SMILES string of the molecule is CC1(C)CC(C)(C)C1NC(=O)c1ccc(N2CCN(CC3CCN(CC(=O)O)CC3)CC2)nc1. The molecule has 3 fully saturated rings. The molecule has 3 heterocycles. The molecule has 4 rings (SSSR count). The molecule has 1 aromatic rings. The zero-order valence-corrected chi connectivity index (χ0v) is 21.2. The smallest absolute Gasteiger partial charge is 0.317 e. The minimum atomic E-state index is -0.733. The van der Waals surface area contributed by atoms with Crippen molar-refractivity contribution in [2.75, 3.05) is 57.3 Å². The van der Waals surface area contributed by atoms with E-state index in [0.29, 0.717) is 11.5 Å². The Bertz CT molecular complexity index is 855. The fourth-order valence-electron chi connectivity index (χ4n) is 6.66. The van der Waals surface area contributed by atoms with Gasteiger partial charge in [0, 0.05) is 45.0 Å². The predicted molar refractivity (Wildman–Crippen MR) is 133 cm³/mol. The van der Waals surface area contributed by atoms with E-state index in [9.17, 15) is 9.59 Å². The van der Waals surface area contributed by atoms with Crippen LogP contribution in [0.15, 0.2) is 18.3 Å². The molecule has 3 aliphatic rings. The van der Waals surface area contributed by atoms with Gasteiger partial charge in [0.2, 0.25) is 0 Å². The second-order valence-corrected chi connectivity index (χ2v) is 11.9. The summed E-state index contributed by atoms with van der Waals surface area (Å²) in [5, 5.41) is 12.2. The van der Waals surface area contributed by atoms with Crippen molar-refractivity contribution in [3.63, 3.8) is 0 Å². The summed E-state index contributed by atoms with van der Waals surface area (Å²) in [4.78, 5) is 35.2. The maximum absolute atomic E-state index is 12.8. The van der Waals surface area contributed by atoms with Crippen LogP contribution in [0.4, 0.5) is 5.82 Å². The summed E-state index contributed by atoms with van der Waals surface area (Å²) < 4.78 is 0. The number of carboxylic acid groups (broad SMARTS) is 1. The fourth-order valence-corrected chi connectivity index (χ4v) is 6.66. The molecule has 1 aliphatic carbocycles. The number of nitrogens with zero attached hydrogens (tertiary/aromatic N) is 4. The molecule has 1 amide bonds. The lowest BCUT2D eigenvalue weighted by Crippen LogP contribution is -2.63. The maximum atomic E-state index is 12.8. The molecule has 1 aromatic heterocycles. The third-order valence-electron chi connectivity index (χ3n) is 8.04. The summed E-state index contributed by atoms with van der Waals surface area (Å²) in [5.74, 6) is 0.813. The van der Waals surface area contributed by atoms with Crippen molar-refractivity contribution >= 4 is 17.7 Å². The Morgan fingerprint density at radius 2 is 1.65 bits per heavy atom. The Hall–Kier alpha value is -2.19. The lowest BCUT2D eigenvalue weighted by molar-refractivity contribution is -0.138. The number of carboxylic acids is 1. The molecule has 0 radical (unpaired) electrons. The Kier molecular flexibility index (Phi) is 7.20. The lowest BCUT2D eigenvalue weighted by atomic mass is 9.52. The maximum Gasteiger partial charge on any atom is 0.317 e. The molecule has 8 nitrogen and oxygen atoms in total. The third-order valence-corrected chi connectivity index (χ3v) is 8.04. The summed E-state index contributed by atoms with van der Waals surface area (Å²) in [6.07, 6.45) is 4.97. The fraction of sp³-hybridized carbons (Fsp3) is 0.731. The van der Waals surface area contributed by atoms with Crippen molar-refractivity contribution in [2.45, 2.75) is 53.0 Å². The van der Waals surface area contributed by atoms with Crippen molar-refractivity contribution in [3.05, 3.63) is 23.9 Å². The number of anilines is 1. The van der Waals surface area contributed by atoms with Crippen molar-refractivity contribution < 1.29 is 14.7 Å². The van der Waals surface area contributed by atoms with E-state index in [1.165, 1.54) is 0 Å². The van der Waals surface area contributed by atoms with Crippen LogP contribution in [0.5, 0.6) is 0 Å². The number of amides is 1. The van der Waals surface area contributed by atoms with Crippen LogP contribution < -0.4 is 10.2 Å². The molecule has 0 aromatic carbocycles. The van der Waals surface area contributed by atoms with Gasteiger partial charge in [0.05, 0.1) is 12.1 Å². The van der Waals surface area contributed by atoms with E-state index in [-0.39, 0.29) is 29.3 Å². The highest BCUT2D eigenvalue weighted by atomic mass is 16.4. The number of likely N-dealkylation sites (tertiary alicyclic amines) is 1. The molecule has 34 heavy (non-hydrogen) atoms. The molecule has 2 N–H and O–H groups in total. The molecule has 0 spiro atoms. The molecular weight excluding hydrogens is 430 g/mol. The normalized spacial score (nSPS) is 23.9. The van der Waals surface area contributed by atoms with Crippen LogP contribution in [0.1, 0.15) is 57.3 Å². The number of pyridine rings is 1. The zero-order chi connectivity index (χ0) is 24.5. The van der Waals surface area contributed by atoms with E-state index in [2.05, 4.69) is 47.8 Å². The van der Waals surface area contributed by atoms with Gasteiger partial charge in [0.15, 0.2) is 0 Å². The Balaban J connectivity index is 1.22. The number of hydrogen-bond donors (Lipinski definition) is 2. The molecule has 8 heteroatoms. The Labute approximate surface area is 203 Å². The summed E-state index contributed by atoms with van der Waals surface area (Å²) in [6, 6.07) is 4.04. The van der Waals surface area contributed by atoms with Gasteiger partial charge in [0.25, 0.3) is 5.91 Å². The lowest BCUT2D eigenvalue weighted by Gasteiger charge is -2.57. The van der Waals surface area contributed by atoms with Crippen molar-refractivity contribution in [3.8, 4) is 0 Å². The van der Waals surface area contributed by atoms with Gasteiger partial charge in [-0.15, -0.1) is 0 Å². The molecule has 188 valence electrons. The molecule has 0 unspecified atom stereocenters. The molecule has 2 saturated heterocycles. The van der Waals surface area contributed by atoms with Crippen molar-refractivity contribution in [2.24, 2.45) is 16.7 Å². The van der Waals surface area contributed by atoms with Crippen molar-refractivity contribution in [1.82, 2.24) is 20.1 Å². The first-order valence-corrected chi connectivity index (χ1v) is 12.7. The van der Waals surface area contributed by atoms with Crippen LogP contribution in [-0.2, 0) is 4.79 Å². The second kappa shape index (κ2) is 9.82. The van der Waals surface area contributed by atoms with Crippen LogP contribution in [0.25, 0.3) is 0 Å².